The van der Waals surface area contributed by atoms with Crippen LogP contribution < -0.4 is 16.0 Å². The van der Waals surface area contributed by atoms with Crippen LogP contribution in [0.25, 0.3) is 0 Å². The van der Waals surface area contributed by atoms with Crippen LogP contribution in [-0.4, -0.2) is 26.0 Å². The minimum atomic E-state index is 0. The summed E-state index contributed by atoms with van der Waals surface area (Å²) in [6.45, 7) is 4.72. The summed E-state index contributed by atoms with van der Waals surface area (Å²) in [5.74, 6) is 0.660. The van der Waals surface area contributed by atoms with Crippen LogP contribution in [-0.2, 0) is 11.3 Å². The van der Waals surface area contributed by atoms with Crippen molar-refractivity contribution in [3.05, 3.63) is 29.8 Å². The van der Waals surface area contributed by atoms with Crippen molar-refractivity contribution in [2.24, 2.45) is 11.8 Å². The SMILES string of the molecule is CNCc1cccc(NC(=O)C(C)C2CNC2)c1.Cl.Cl. The second-order valence-electron chi connectivity index (χ2n) is 4.93. The van der Waals surface area contributed by atoms with Gasteiger partial charge in [0.2, 0.25) is 5.91 Å². The zero-order valence-electron chi connectivity index (χ0n) is 11.8. The molecule has 1 amide bonds. The van der Waals surface area contributed by atoms with Crippen molar-refractivity contribution in [3.63, 3.8) is 0 Å². The van der Waals surface area contributed by atoms with E-state index >= 15 is 0 Å². The van der Waals surface area contributed by atoms with Crippen LogP contribution in [0.2, 0.25) is 0 Å². The Hall–Kier alpha value is -0.810. The lowest BCUT2D eigenvalue weighted by atomic mass is 9.88. The van der Waals surface area contributed by atoms with Gasteiger partial charge in [-0.05, 0) is 43.8 Å². The zero-order valence-corrected chi connectivity index (χ0v) is 13.4. The lowest BCUT2D eigenvalue weighted by Gasteiger charge is -2.31. The molecule has 0 aliphatic carbocycles. The molecular formula is C14H23Cl2N3O. The maximum absolute atomic E-state index is 12.1. The molecule has 1 aliphatic heterocycles. The van der Waals surface area contributed by atoms with Crippen molar-refractivity contribution in [2.75, 3.05) is 25.5 Å². The van der Waals surface area contributed by atoms with E-state index in [1.54, 1.807) is 0 Å². The molecule has 2 rings (SSSR count). The Morgan fingerprint density at radius 3 is 2.65 bits per heavy atom. The molecular weight excluding hydrogens is 297 g/mol. The molecule has 3 N–H and O–H groups in total. The average Bonchev–Trinajstić information content (AvgIpc) is 2.27. The average molecular weight is 320 g/mol. The Balaban J connectivity index is 0.00000180. The number of rotatable bonds is 5. The predicted octanol–water partition coefficient (Wildman–Crippen LogP) is 2.04. The van der Waals surface area contributed by atoms with E-state index in [2.05, 4.69) is 16.0 Å². The van der Waals surface area contributed by atoms with Crippen LogP contribution in [0.15, 0.2) is 24.3 Å². The van der Waals surface area contributed by atoms with Crippen molar-refractivity contribution in [3.8, 4) is 0 Å². The van der Waals surface area contributed by atoms with Crippen LogP contribution in [0, 0.1) is 11.8 Å². The number of hydrogen-bond donors (Lipinski definition) is 3. The monoisotopic (exact) mass is 319 g/mol. The Morgan fingerprint density at radius 2 is 2.10 bits per heavy atom. The number of carbonyl (C=O) groups excluding carboxylic acids is 1. The number of halogens is 2. The molecule has 1 saturated heterocycles. The highest BCUT2D eigenvalue weighted by molar-refractivity contribution is 5.92. The number of carbonyl (C=O) groups is 1. The largest absolute Gasteiger partial charge is 0.326 e. The molecule has 20 heavy (non-hydrogen) atoms. The maximum atomic E-state index is 12.1. The third-order valence-corrected chi connectivity index (χ3v) is 3.51. The fourth-order valence-corrected chi connectivity index (χ4v) is 2.10. The first kappa shape index (κ1) is 19.2. The van der Waals surface area contributed by atoms with Crippen LogP contribution in [0.3, 0.4) is 0 Å². The summed E-state index contributed by atoms with van der Waals surface area (Å²) in [5, 5.41) is 9.30. The van der Waals surface area contributed by atoms with Gasteiger partial charge in [0, 0.05) is 18.2 Å². The van der Waals surface area contributed by atoms with E-state index in [1.165, 1.54) is 5.56 Å². The number of amides is 1. The first-order valence-electron chi connectivity index (χ1n) is 6.46. The Morgan fingerprint density at radius 1 is 1.40 bits per heavy atom. The Bertz CT molecular complexity index is 425. The van der Waals surface area contributed by atoms with Crippen molar-refractivity contribution in [2.45, 2.75) is 13.5 Å². The first-order chi connectivity index (χ1) is 8.70. The van der Waals surface area contributed by atoms with Gasteiger partial charge in [0.25, 0.3) is 0 Å². The second kappa shape index (κ2) is 9.19. The fourth-order valence-electron chi connectivity index (χ4n) is 2.10. The molecule has 0 saturated carbocycles. The van der Waals surface area contributed by atoms with Crippen molar-refractivity contribution in [1.82, 2.24) is 10.6 Å². The van der Waals surface area contributed by atoms with Crippen LogP contribution in [0.4, 0.5) is 5.69 Å². The highest BCUT2D eigenvalue weighted by Gasteiger charge is 2.28. The van der Waals surface area contributed by atoms with Gasteiger partial charge < -0.3 is 16.0 Å². The first-order valence-corrected chi connectivity index (χ1v) is 6.46. The lowest BCUT2D eigenvalue weighted by Crippen LogP contribution is -2.48. The number of benzene rings is 1. The van der Waals surface area contributed by atoms with Gasteiger partial charge in [-0.25, -0.2) is 0 Å². The molecule has 6 heteroatoms. The van der Waals surface area contributed by atoms with Gasteiger partial charge in [-0.1, -0.05) is 19.1 Å². The van der Waals surface area contributed by atoms with Crippen molar-refractivity contribution < 1.29 is 4.79 Å². The summed E-state index contributed by atoms with van der Waals surface area (Å²) in [6, 6.07) is 7.96. The molecule has 4 nitrogen and oxygen atoms in total. The third kappa shape index (κ3) is 4.94. The topological polar surface area (TPSA) is 53.2 Å². The van der Waals surface area contributed by atoms with Gasteiger partial charge in [0.1, 0.15) is 0 Å². The number of nitrogens with one attached hydrogen (secondary N) is 3. The molecule has 0 bridgehead atoms. The fraction of sp³-hybridized carbons (Fsp3) is 0.500. The van der Waals surface area contributed by atoms with E-state index in [1.807, 2.05) is 38.2 Å². The highest BCUT2D eigenvalue weighted by Crippen LogP contribution is 2.18. The summed E-state index contributed by atoms with van der Waals surface area (Å²) in [7, 11) is 1.91. The van der Waals surface area contributed by atoms with Crippen LogP contribution >= 0.6 is 24.8 Å². The molecule has 1 aliphatic rings. The molecule has 0 radical (unpaired) electrons. The molecule has 1 heterocycles. The smallest absolute Gasteiger partial charge is 0.227 e. The van der Waals surface area contributed by atoms with Crippen molar-refractivity contribution >= 4 is 36.4 Å². The normalized spacial score (nSPS) is 15.3. The zero-order chi connectivity index (χ0) is 13.0. The van der Waals surface area contributed by atoms with E-state index in [-0.39, 0.29) is 36.6 Å². The Labute approximate surface area is 132 Å². The van der Waals surface area contributed by atoms with E-state index < -0.39 is 0 Å². The predicted molar refractivity (Wildman–Crippen MR) is 87.9 cm³/mol. The van der Waals surface area contributed by atoms with Crippen molar-refractivity contribution in [1.29, 1.82) is 0 Å². The van der Waals surface area contributed by atoms with Gasteiger partial charge in [-0.2, -0.15) is 0 Å². The summed E-state index contributed by atoms with van der Waals surface area (Å²) in [6.07, 6.45) is 0. The molecule has 114 valence electrons. The molecule has 1 aromatic carbocycles. The summed E-state index contributed by atoms with van der Waals surface area (Å²) >= 11 is 0. The standard InChI is InChI=1S/C14H21N3O.2ClH/c1-10(12-8-16-9-12)14(18)17-13-5-3-4-11(6-13)7-15-2;;/h3-6,10,12,15-16H,7-9H2,1-2H3,(H,17,18);2*1H. The number of hydrogen-bond acceptors (Lipinski definition) is 3. The maximum Gasteiger partial charge on any atom is 0.227 e. The second-order valence-corrected chi connectivity index (χ2v) is 4.93. The molecule has 1 aromatic rings. The van der Waals surface area contributed by atoms with Crippen LogP contribution in [0.1, 0.15) is 12.5 Å². The minimum Gasteiger partial charge on any atom is -0.326 e. The summed E-state index contributed by atoms with van der Waals surface area (Å²) in [5.41, 5.74) is 2.06. The molecule has 1 atom stereocenters. The quantitative estimate of drug-likeness (QED) is 0.778. The van der Waals surface area contributed by atoms with Gasteiger partial charge in [0.05, 0.1) is 0 Å². The van der Waals surface area contributed by atoms with Gasteiger partial charge in [-0.3, -0.25) is 4.79 Å². The third-order valence-electron chi connectivity index (χ3n) is 3.51. The minimum absolute atomic E-state index is 0. The molecule has 0 aromatic heterocycles. The molecule has 1 fully saturated rings. The molecule has 0 spiro atoms. The van der Waals surface area contributed by atoms with Gasteiger partial charge in [0.15, 0.2) is 0 Å². The highest BCUT2D eigenvalue weighted by atomic mass is 35.5. The van der Waals surface area contributed by atoms with Crippen LogP contribution in [0.5, 0.6) is 0 Å². The number of anilines is 1. The van der Waals surface area contributed by atoms with Gasteiger partial charge >= 0.3 is 0 Å². The van der Waals surface area contributed by atoms with E-state index in [0.717, 1.165) is 25.3 Å². The summed E-state index contributed by atoms with van der Waals surface area (Å²) in [4.78, 5) is 12.1. The summed E-state index contributed by atoms with van der Waals surface area (Å²) < 4.78 is 0. The van der Waals surface area contributed by atoms with E-state index in [9.17, 15) is 4.79 Å². The Kier molecular flexibility index (Phi) is 8.81. The lowest BCUT2D eigenvalue weighted by molar-refractivity contribution is -0.121. The van der Waals surface area contributed by atoms with E-state index in [4.69, 9.17) is 0 Å². The van der Waals surface area contributed by atoms with Gasteiger partial charge in [-0.15, -0.1) is 24.8 Å². The molecule has 1 unspecified atom stereocenters. The van der Waals surface area contributed by atoms with E-state index in [0.29, 0.717) is 5.92 Å².